The van der Waals surface area contributed by atoms with Gasteiger partial charge >= 0.3 is 23.9 Å². The molecule has 1 heterocycles. The number of aryl methyl sites for hydroxylation is 1. The molecule has 5 nitrogen and oxygen atoms in total. The van der Waals surface area contributed by atoms with Gasteiger partial charge in [-0.25, -0.2) is 4.79 Å². The third kappa shape index (κ3) is 11.0. The molecule has 0 saturated heterocycles. The summed E-state index contributed by atoms with van der Waals surface area (Å²) in [5.74, 6) is -1.76. The largest absolute Gasteiger partial charge is 0.493 e. The average molecular weight is 699 g/mol. The van der Waals surface area contributed by atoms with Gasteiger partial charge in [-0.1, -0.05) is 73.4 Å². The van der Waals surface area contributed by atoms with Crippen LogP contribution >= 0.6 is 0 Å². The third-order valence-corrected chi connectivity index (χ3v) is 8.90. The molecule has 3 rings (SSSR count). The SMILES string of the molecule is CCCCCc1ccc(-c2cc3ccc(OCC(COC(=O)C(C)(CC(C)(C)C)C(C)(C)C)CC(F)(F)F)cc3oc2=O)c(C(F)(F)F)c1. The maximum Gasteiger partial charge on any atom is 0.417 e. The third-order valence-electron chi connectivity index (χ3n) is 8.90. The first-order valence-corrected chi connectivity index (χ1v) is 16.6. The highest BCUT2D eigenvalue weighted by Crippen LogP contribution is 2.47. The van der Waals surface area contributed by atoms with Gasteiger partial charge in [0.1, 0.15) is 11.3 Å². The summed E-state index contributed by atoms with van der Waals surface area (Å²) in [4.78, 5) is 26.3. The fraction of sp³-hybridized carbons (Fsp3) is 0.579. The zero-order valence-corrected chi connectivity index (χ0v) is 29.6. The van der Waals surface area contributed by atoms with Crippen LogP contribution in [0.2, 0.25) is 0 Å². The molecule has 2 unspecified atom stereocenters. The number of unbranched alkanes of at least 4 members (excludes halogenated alkanes) is 2. The first kappa shape index (κ1) is 39.9. The van der Waals surface area contributed by atoms with Crippen LogP contribution in [0, 0.1) is 22.2 Å². The van der Waals surface area contributed by atoms with Crippen LogP contribution in [0.25, 0.3) is 22.1 Å². The van der Waals surface area contributed by atoms with E-state index in [0.717, 1.165) is 25.3 Å². The van der Waals surface area contributed by atoms with Crippen LogP contribution in [0.15, 0.2) is 51.7 Å². The van der Waals surface area contributed by atoms with Gasteiger partial charge in [-0.15, -0.1) is 0 Å². The maximum absolute atomic E-state index is 14.1. The zero-order valence-electron chi connectivity index (χ0n) is 29.6. The minimum absolute atomic E-state index is 0.0158. The Morgan fingerprint density at radius 3 is 2.08 bits per heavy atom. The van der Waals surface area contributed by atoms with E-state index in [1.807, 2.05) is 48.5 Å². The number of hydrogen-bond acceptors (Lipinski definition) is 5. The van der Waals surface area contributed by atoms with Crippen molar-refractivity contribution in [3.8, 4) is 16.9 Å². The highest BCUT2D eigenvalue weighted by atomic mass is 19.4. The Kier molecular flexibility index (Phi) is 12.4. The summed E-state index contributed by atoms with van der Waals surface area (Å²) < 4.78 is 99.3. The minimum Gasteiger partial charge on any atom is -0.493 e. The molecule has 0 saturated carbocycles. The lowest BCUT2D eigenvalue weighted by molar-refractivity contribution is -0.173. The molecule has 0 bridgehead atoms. The van der Waals surface area contributed by atoms with Crippen LogP contribution in [-0.2, 0) is 22.1 Å². The van der Waals surface area contributed by atoms with E-state index in [4.69, 9.17) is 13.9 Å². The lowest BCUT2D eigenvalue weighted by atomic mass is 9.61. The zero-order chi connectivity index (χ0) is 37.0. The van der Waals surface area contributed by atoms with Crippen molar-refractivity contribution in [2.24, 2.45) is 22.2 Å². The summed E-state index contributed by atoms with van der Waals surface area (Å²) in [7, 11) is 0. The lowest BCUT2D eigenvalue weighted by Gasteiger charge is -2.43. The topological polar surface area (TPSA) is 65.7 Å². The van der Waals surface area contributed by atoms with Gasteiger partial charge in [0.25, 0.3) is 0 Å². The molecule has 2 aromatic carbocycles. The van der Waals surface area contributed by atoms with Gasteiger partial charge in [0, 0.05) is 22.9 Å². The maximum atomic E-state index is 14.1. The van der Waals surface area contributed by atoms with Crippen LogP contribution in [0.4, 0.5) is 26.3 Å². The van der Waals surface area contributed by atoms with Gasteiger partial charge in [-0.2, -0.15) is 26.3 Å². The molecule has 272 valence electrons. The molecule has 0 fully saturated rings. The standard InChI is InChI=1S/C38H48F6O5/c1-9-10-11-12-24-13-16-28(30(17-24)38(42,43)44)29-18-26-14-15-27(19-31(26)49-32(29)45)47-21-25(20-37(39,40)41)22-48-33(46)36(8,35(5,6)7)23-34(2,3)4/h13-19,25H,9-12,20-23H2,1-8H3. The van der Waals surface area contributed by atoms with E-state index in [1.54, 1.807) is 13.0 Å². The van der Waals surface area contributed by atoms with Gasteiger partial charge in [-0.3, -0.25) is 4.79 Å². The van der Waals surface area contributed by atoms with Gasteiger partial charge < -0.3 is 13.9 Å². The van der Waals surface area contributed by atoms with Gasteiger partial charge in [-0.05, 0) is 66.8 Å². The predicted octanol–water partition coefficient (Wildman–Crippen LogP) is 11.2. The summed E-state index contributed by atoms with van der Waals surface area (Å²) in [5, 5.41) is 0.295. The summed E-state index contributed by atoms with van der Waals surface area (Å²) in [6, 6.07) is 9.37. The second-order valence-electron chi connectivity index (χ2n) is 15.4. The van der Waals surface area contributed by atoms with E-state index in [-0.39, 0.29) is 27.9 Å². The van der Waals surface area contributed by atoms with Gasteiger partial charge in [0.05, 0.1) is 36.2 Å². The molecule has 0 aliphatic carbocycles. The molecule has 0 aliphatic heterocycles. The monoisotopic (exact) mass is 698 g/mol. The van der Waals surface area contributed by atoms with Crippen molar-refractivity contribution in [1.29, 1.82) is 0 Å². The smallest absolute Gasteiger partial charge is 0.417 e. The van der Waals surface area contributed by atoms with Crippen molar-refractivity contribution < 1.29 is 45.0 Å². The Labute approximate surface area is 284 Å². The number of rotatable bonds is 13. The van der Waals surface area contributed by atoms with Crippen molar-refractivity contribution in [3.63, 3.8) is 0 Å². The molecular formula is C38H48F6O5. The van der Waals surface area contributed by atoms with E-state index in [0.29, 0.717) is 23.8 Å². The second kappa shape index (κ2) is 15.2. The number of carbonyl (C=O) groups is 1. The summed E-state index contributed by atoms with van der Waals surface area (Å²) in [6.45, 7) is 14.4. The minimum atomic E-state index is -4.71. The lowest BCUT2D eigenvalue weighted by Crippen LogP contribution is -2.45. The Morgan fingerprint density at radius 2 is 1.51 bits per heavy atom. The van der Waals surface area contributed by atoms with Crippen molar-refractivity contribution in [2.45, 2.75) is 106 Å². The van der Waals surface area contributed by atoms with Crippen LogP contribution in [0.5, 0.6) is 5.75 Å². The quantitative estimate of drug-likeness (QED) is 0.0769. The van der Waals surface area contributed by atoms with Crippen LogP contribution in [-0.4, -0.2) is 25.4 Å². The molecule has 2 atom stereocenters. The second-order valence-corrected chi connectivity index (χ2v) is 15.4. The van der Waals surface area contributed by atoms with E-state index in [2.05, 4.69) is 0 Å². The Hall–Kier alpha value is -3.50. The van der Waals surface area contributed by atoms with Crippen LogP contribution in [0.1, 0.15) is 98.6 Å². The van der Waals surface area contributed by atoms with Crippen molar-refractivity contribution in [3.05, 3.63) is 64.0 Å². The summed E-state index contributed by atoms with van der Waals surface area (Å²) in [6.07, 6.45) is -7.06. The predicted molar refractivity (Wildman–Crippen MR) is 178 cm³/mol. The summed E-state index contributed by atoms with van der Waals surface area (Å²) >= 11 is 0. The average Bonchev–Trinajstić information content (AvgIpc) is 2.95. The fourth-order valence-corrected chi connectivity index (χ4v) is 5.93. The highest BCUT2D eigenvalue weighted by molar-refractivity contribution is 5.83. The number of hydrogen-bond donors (Lipinski definition) is 0. The van der Waals surface area contributed by atoms with E-state index < -0.39 is 65.9 Å². The number of alkyl halides is 6. The molecule has 0 spiro atoms. The molecule has 0 aliphatic rings. The Bertz CT molecular complexity index is 1640. The van der Waals surface area contributed by atoms with E-state index in [1.165, 1.54) is 30.3 Å². The Morgan fingerprint density at radius 1 is 0.837 bits per heavy atom. The van der Waals surface area contributed by atoms with Crippen molar-refractivity contribution in [2.75, 3.05) is 13.2 Å². The van der Waals surface area contributed by atoms with E-state index >= 15 is 0 Å². The summed E-state index contributed by atoms with van der Waals surface area (Å²) in [5.41, 5.74) is -3.78. The molecule has 11 heteroatoms. The highest BCUT2D eigenvalue weighted by Gasteiger charge is 2.48. The van der Waals surface area contributed by atoms with Crippen molar-refractivity contribution >= 4 is 16.9 Å². The first-order valence-electron chi connectivity index (χ1n) is 16.6. The molecule has 3 aromatic rings. The molecular weight excluding hydrogens is 650 g/mol. The number of esters is 1. The first-order chi connectivity index (χ1) is 22.4. The van der Waals surface area contributed by atoms with Gasteiger partial charge in [0.15, 0.2) is 0 Å². The molecule has 0 amide bonds. The molecule has 0 N–H and O–H groups in total. The normalized spacial score (nSPS) is 14.8. The number of carbonyl (C=O) groups excluding carboxylic acids is 1. The Balaban J connectivity index is 1.84. The van der Waals surface area contributed by atoms with Crippen LogP contribution in [0.3, 0.4) is 0 Å². The number of ether oxygens (including phenoxy) is 2. The fourth-order valence-electron chi connectivity index (χ4n) is 5.93. The molecule has 49 heavy (non-hydrogen) atoms. The van der Waals surface area contributed by atoms with Gasteiger partial charge in [0.2, 0.25) is 0 Å². The molecule has 1 aromatic heterocycles. The van der Waals surface area contributed by atoms with E-state index in [9.17, 15) is 35.9 Å². The molecule has 0 radical (unpaired) electrons. The van der Waals surface area contributed by atoms with Crippen LogP contribution < -0.4 is 10.4 Å². The number of halogens is 6. The number of benzene rings is 2. The number of fused-ring (bicyclic) bond motifs is 1. The van der Waals surface area contributed by atoms with Crippen molar-refractivity contribution in [1.82, 2.24) is 0 Å².